The van der Waals surface area contributed by atoms with Crippen molar-refractivity contribution in [1.29, 1.82) is 0 Å². The first-order valence-electron chi connectivity index (χ1n) is 8.39. The molecule has 0 spiro atoms. The lowest BCUT2D eigenvalue weighted by Gasteiger charge is -2.15. The van der Waals surface area contributed by atoms with Gasteiger partial charge in [-0.05, 0) is 55.1 Å². The number of aromatic nitrogens is 1. The minimum atomic E-state index is -0.404. The summed E-state index contributed by atoms with van der Waals surface area (Å²) in [5.74, 6) is 0.350. The minimum Gasteiger partial charge on any atom is -0.494 e. The van der Waals surface area contributed by atoms with Crippen molar-refractivity contribution in [3.63, 3.8) is 0 Å². The molecule has 3 rings (SSSR count). The Labute approximate surface area is 155 Å². The predicted octanol–water partition coefficient (Wildman–Crippen LogP) is 3.99. The fourth-order valence-corrected chi connectivity index (χ4v) is 3.33. The lowest BCUT2D eigenvalue weighted by molar-refractivity contribution is 0.0938. The van der Waals surface area contributed by atoms with Crippen molar-refractivity contribution in [2.24, 2.45) is 0 Å². The van der Waals surface area contributed by atoms with Crippen LogP contribution in [0.3, 0.4) is 0 Å². The predicted molar refractivity (Wildman–Crippen MR) is 104 cm³/mol. The van der Waals surface area contributed by atoms with E-state index < -0.39 is 11.5 Å². The van der Waals surface area contributed by atoms with Gasteiger partial charge in [-0.25, -0.2) is 0 Å². The standard InChI is InChI=1S/C20H20N2O3S/c1-3-25-15-7-4-6-14(12-15)13(2)21-19(23)16-9-10-17(22-20(16)24)18-8-5-11-26-18/h4-13H,3H2,1-2H3,(H,21,23)(H,22,24). The summed E-state index contributed by atoms with van der Waals surface area (Å²) in [7, 11) is 0. The summed E-state index contributed by atoms with van der Waals surface area (Å²) < 4.78 is 5.49. The summed E-state index contributed by atoms with van der Waals surface area (Å²) in [5.41, 5.74) is 1.32. The molecule has 3 aromatic rings. The molecule has 0 fully saturated rings. The number of H-pyrrole nitrogens is 1. The molecule has 2 N–H and O–H groups in total. The van der Waals surface area contributed by atoms with Crippen molar-refractivity contribution in [1.82, 2.24) is 10.3 Å². The second-order valence-electron chi connectivity index (χ2n) is 5.79. The highest BCUT2D eigenvalue weighted by atomic mass is 32.1. The van der Waals surface area contributed by atoms with Crippen LogP contribution in [0.5, 0.6) is 5.75 Å². The van der Waals surface area contributed by atoms with Gasteiger partial charge in [-0.3, -0.25) is 9.59 Å². The first-order chi connectivity index (χ1) is 12.6. The zero-order valence-electron chi connectivity index (χ0n) is 14.6. The number of rotatable bonds is 6. The number of hydrogen-bond donors (Lipinski definition) is 2. The van der Waals surface area contributed by atoms with E-state index >= 15 is 0 Å². The summed E-state index contributed by atoms with van der Waals surface area (Å²) in [6.07, 6.45) is 0. The molecule has 1 aromatic carbocycles. The summed E-state index contributed by atoms with van der Waals surface area (Å²) >= 11 is 1.53. The molecule has 0 aliphatic carbocycles. The molecule has 0 aliphatic heterocycles. The molecule has 5 nitrogen and oxygen atoms in total. The van der Waals surface area contributed by atoms with Crippen LogP contribution >= 0.6 is 11.3 Å². The van der Waals surface area contributed by atoms with Gasteiger partial charge in [0.15, 0.2) is 0 Å². The lowest BCUT2D eigenvalue weighted by Crippen LogP contribution is -2.31. The first-order valence-corrected chi connectivity index (χ1v) is 9.27. The summed E-state index contributed by atoms with van der Waals surface area (Å²) in [4.78, 5) is 28.5. The Kier molecular flexibility index (Phi) is 5.53. The number of carbonyl (C=O) groups excluding carboxylic acids is 1. The van der Waals surface area contributed by atoms with E-state index in [-0.39, 0.29) is 11.6 Å². The molecular weight excluding hydrogens is 348 g/mol. The zero-order chi connectivity index (χ0) is 18.5. The van der Waals surface area contributed by atoms with Gasteiger partial charge in [-0.1, -0.05) is 18.2 Å². The molecule has 6 heteroatoms. The maximum atomic E-state index is 12.5. The Morgan fingerprint density at radius 2 is 2.08 bits per heavy atom. The Hall–Kier alpha value is -2.86. The first kappa shape index (κ1) is 17.9. The van der Waals surface area contributed by atoms with E-state index in [1.54, 1.807) is 12.1 Å². The number of pyridine rings is 1. The van der Waals surface area contributed by atoms with Gasteiger partial charge in [0.1, 0.15) is 11.3 Å². The topological polar surface area (TPSA) is 71.2 Å². The van der Waals surface area contributed by atoms with E-state index in [2.05, 4.69) is 10.3 Å². The normalized spacial score (nSPS) is 11.8. The van der Waals surface area contributed by atoms with E-state index in [1.807, 2.05) is 55.6 Å². The number of carbonyl (C=O) groups is 1. The molecule has 0 aliphatic rings. The maximum absolute atomic E-state index is 12.5. The SMILES string of the molecule is CCOc1cccc(C(C)NC(=O)c2ccc(-c3cccs3)[nH]c2=O)c1. The summed E-state index contributed by atoms with van der Waals surface area (Å²) in [6.45, 7) is 4.37. The Balaban J connectivity index is 1.75. The van der Waals surface area contributed by atoms with E-state index in [4.69, 9.17) is 4.74 Å². The van der Waals surface area contributed by atoms with Gasteiger partial charge in [-0.15, -0.1) is 11.3 Å². The molecule has 0 saturated heterocycles. The van der Waals surface area contributed by atoms with Crippen LogP contribution in [0, 0.1) is 0 Å². The Morgan fingerprint density at radius 1 is 1.23 bits per heavy atom. The number of aromatic amines is 1. The average Bonchev–Trinajstić information content (AvgIpc) is 3.16. The smallest absolute Gasteiger partial charge is 0.261 e. The van der Waals surface area contributed by atoms with Gasteiger partial charge in [0.25, 0.3) is 11.5 Å². The third-order valence-corrected chi connectivity index (χ3v) is 4.86. The molecule has 134 valence electrons. The second kappa shape index (κ2) is 8.01. The Morgan fingerprint density at radius 3 is 2.77 bits per heavy atom. The van der Waals surface area contributed by atoms with Crippen molar-refractivity contribution in [2.75, 3.05) is 6.61 Å². The van der Waals surface area contributed by atoms with Crippen LogP contribution < -0.4 is 15.6 Å². The number of benzene rings is 1. The van der Waals surface area contributed by atoms with E-state index in [0.29, 0.717) is 12.3 Å². The van der Waals surface area contributed by atoms with Crippen LogP contribution in [0.4, 0.5) is 0 Å². The maximum Gasteiger partial charge on any atom is 0.261 e. The van der Waals surface area contributed by atoms with Gasteiger partial charge in [0.2, 0.25) is 0 Å². The van der Waals surface area contributed by atoms with Gasteiger partial charge in [0, 0.05) is 0 Å². The van der Waals surface area contributed by atoms with Crippen molar-refractivity contribution < 1.29 is 9.53 Å². The molecule has 0 saturated carbocycles. The van der Waals surface area contributed by atoms with Gasteiger partial charge in [-0.2, -0.15) is 0 Å². The minimum absolute atomic E-state index is 0.0955. The molecule has 2 aromatic heterocycles. The highest BCUT2D eigenvalue weighted by Gasteiger charge is 2.15. The lowest BCUT2D eigenvalue weighted by atomic mass is 10.1. The third kappa shape index (κ3) is 4.03. The second-order valence-corrected chi connectivity index (χ2v) is 6.74. The molecule has 1 atom stereocenters. The molecule has 0 bridgehead atoms. The Bertz CT molecular complexity index is 948. The molecular formula is C20H20N2O3S. The van der Waals surface area contributed by atoms with Crippen molar-refractivity contribution in [2.45, 2.75) is 19.9 Å². The number of thiophene rings is 1. The number of amides is 1. The molecule has 1 unspecified atom stereocenters. The largest absolute Gasteiger partial charge is 0.494 e. The summed E-state index contributed by atoms with van der Waals surface area (Å²) in [6, 6.07) is 14.5. The van der Waals surface area contributed by atoms with Crippen LogP contribution in [-0.2, 0) is 0 Å². The van der Waals surface area contributed by atoms with Crippen LogP contribution in [0.1, 0.15) is 35.8 Å². The van der Waals surface area contributed by atoms with Gasteiger partial charge < -0.3 is 15.0 Å². The highest BCUT2D eigenvalue weighted by molar-refractivity contribution is 7.13. The van der Waals surface area contributed by atoms with E-state index in [1.165, 1.54) is 11.3 Å². The number of nitrogens with one attached hydrogen (secondary N) is 2. The van der Waals surface area contributed by atoms with Gasteiger partial charge in [0.05, 0.1) is 23.2 Å². The van der Waals surface area contributed by atoms with Crippen molar-refractivity contribution in [3.8, 4) is 16.3 Å². The quantitative estimate of drug-likeness (QED) is 0.691. The molecule has 0 radical (unpaired) electrons. The van der Waals surface area contributed by atoms with E-state index in [0.717, 1.165) is 16.2 Å². The number of ether oxygens (including phenoxy) is 1. The van der Waals surface area contributed by atoms with Crippen LogP contribution in [0.15, 0.2) is 58.7 Å². The molecule has 26 heavy (non-hydrogen) atoms. The van der Waals surface area contributed by atoms with Gasteiger partial charge >= 0.3 is 0 Å². The van der Waals surface area contributed by atoms with Crippen LogP contribution in [0.2, 0.25) is 0 Å². The third-order valence-electron chi connectivity index (χ3n) is 3.96. The monoisotopic (exact) mass is 368 g/mol. The van der Waals surface area contributed by atoms with Crippen molar-refractivity contribution >= 4 is 17.2 Å². The van der Waals surface area contributed by atoms with Crippen LogP contribution in [0.25, 0.3) is 10.6 Å². The molecule has 2 heterocycles. The fraction of sp³-hybridized carbons (Fsp3) is 0.200. The molecule has 1 amide bonds. The van der Waals surface area contributed by atoms with Crippen molar-refractivity contribution in [3.05, 3.63) is 75.4 Å². The highest BCUT2D eigenvalue weighted by Crippen LogP contribution is 2.22. The average molecular weight is 368 g/mol. The van der Waals surface area contributed by atoms with Crippen LogP contribution in [-0.4, -0.2) is 17.5 Å². The summed E-state index contributed by atoms with van der Waals surface area (Å²) in [5, 5.41) is 4.80. The number of hydrogen-bond acceptors (Lipinski definition) is 4. The fourth-order valence-electron chi connectivity index (χ4n) is 2.63. The van der Waals surface area contributed by atoms with E-state index in [9.17, 15) is 9.59 Å². The zero-order valence-corrected chi connectivity index (χ0v) is 15.4.